The molecule has 0 atom stereocenters. The van der Waals surface area contributed by atoms with Crippen molar-refractivity contribution in [2.75, 3.05) is 25.1 Å². The highest BCUT2D eigenvalue weighted by atomic mass is 16.5. The first kappa shape index (κ1) is 21.3. The average Bonchev–Trinajstić information content (AvgIpc) is 3.35. The molecule has 0 unspecified atom stereocenters. The minimum atomic E-state index is -0.127. The maximum atomic E-state index is 9.03. The molecular weight excluding hydrogens is 408 g/mol. The molecule has 0 aliphatic heterocycles. The van der Waals surface area contributed by atoms with Gasteiger partial charge in [0.2, 0.25) is 6.33 Å². The Morgan fingerprint density at radius 2 is 2.19 bits per heavy atom. The molecule has 1 aliphatic carbocycles. The molecule has 0 bridgehead atoms. The Morgan fingerprint density at radius 3 is 2.97 bits per heavy atom. The highest BCUT2D eigenvalue weighted by molar-refractivity contribution is 6.50. The van der Waals surface area contributed by atoms with Crippen molar-refractivity contribution in [3.8, 4) is 0 Å². The minimum absolute atomic E-state index is 0.115. The zero-order valence-corrected chi connectivity index (χ0v) is 17.9. The summed E-state index contributed by atoms with van der Waals surface area (Å²) >= 11 is 0. The number of imidazole rings is 1. The van der Waals surface area contributed by atoms with Crippen LogP contribution in [0, 0.1) is 5.41 Å². The highest BCUT2D eigenvalue weighted by Crippen LogP contribution is 2.30. The van der Waals surface area contributed by atoms with E-state index in [1.807, 2.05) is 54.7 Å². The van der Waals surface area contributed by atoms with Crippen LogP contribution in [0.15, 0.2) is 71.7 Å². The molecule has 0 saturated carbocycles. The predicted octanol–water partition coefficient (Wildman–Crippen LogP) is 1.30. The van der Waals surface area contributed by atoms with Crippen LogP contribution in [-0.2, 0) is 18.3 Å². The number of pyridine rings is 1. The summed E-state index contributed by atoms with van der Waals surface area (Å²) in [6.07, 6.45) is 12.0. The first-order chi connectivity index (χ1) is 15.5. The SMILES string of the molecule is C[n+]1ccn(CCCNc2nn3ccccc3c2N=C2C=C(OCCO)C(N)=CC2=N)c1. The predicted molar refractivity (Wildman–Crippen MR) is 122 cm³/mol. The number of hydrogen-bond acceptors (Lipinski definition) is 7. The molecule has 0 fully saturated rings. The van der Waals surface area contributed by atoms with Crippen LogP contribution in [0.4, 0.5) is 11.5 Å². The third-order valence-corrected chi connectivity index (χ3v) is 4.93. The van der Waals surface area contributed by atoms with Crippen molar-refractivity contribution in [1.82, 2.24) is 14.2 Å². The van der Waals surface area contributed by atoms with E-state index in [0.717, 1.165) is 18.5 Å². The van der Waals surface area contributed by atoms with Crippen LogP contribution in [-0.4, -0.2) is 50.5 Å². The maximum Gasteiger partial charge on any atom is 0.243 e. The quantitative estimate of drug-likeness (QED) is 0.229. The number of aryl methyl sites for hydroxylation is 2. The van der Waals surface area contributed by atoms with Gasteiger partial charge in [-0.05, 0) is 18.2 Å². The van der Waals surface area contributed by atoms with Crippen molar-refractivity contribution >= 4 is 28.4 Å². The summed E-state index contributed by atoms with van der Waals surface area (Å²) in [7, 11) is 2.00. The molecule has 166 valence electrons. The van der Waals surface area contributed by atoms with Crippen molar-refractivity contribution in [1.29, 1.82) is 5.41 Å². The molecule has 0 radical (unpaired) electrons. The second kappa shape index (κ2) is 9.48. The molecule has 10 heteroatoms. The maximum absolute atomic E-state index is 9.03. The van der Waals surface area contributed by atoms with Gasteiger partial charge >= 0.3 is 0 Å². The van der Waals surface area contributed by atoms with Gasteiger partial charge in [0, 0.05) is 25.2 Å². The summed E-state index contributed by atoms with van der Waals surface area (Å²) in [4.78, 5) is 4.74. The second-order valence-electron chi connectivity index (χ2n) is 7.42. The van der Waals surface area contributed by atoms with E-state index >= 15 is 0 Å². The molecular formula is C22H27N8O2+. The van der Waals surface area contributed by atoms with Crippen LogP contribution in [0.3, 0.4) is 0 Å². The van der Waals surface area contributed by atoms with Crippen LogP contribution >= 0.6 is 0 Å². The lowest BCUT2D eigenvalue weighted by Crippen LogP contribution is -2.23. The van der Waals surface area contributed by atoms with Gasteiger partial charge in [-0.15, -0.1) is 5.10 Å². The van der Waals surface area contributed by atoms with Gasteiger partial charge in [0.25, 0.3) is 0 Å². The Hall–Kier alpha value is -3.92. The van der Waals surface area contributed by atoms with E-state index in [-0.39, 0.29) is 18.9 Å². The third-order valence-electron chi connectivity index (χ3n) is 4.93. The number of fused-ring (bicyclic) bond motifs is 1. The zero-order valence-electron chi connectivity index (χ0n) is 17.9. The van der Waals surface area contributed by atoms with Crippen molar-refractivity contribution in [2.45, 2.75) is 13.0 Å². The van der Waals surface area contributed by atoms with Gasteiger partial charge in [0.15, 0.2) is 5.82 Å². The molecule has 10 nitrogen and oxygen atoms in total. The van der Waals surface area contributed by atoms with E-state index in [1.54, 1.807) is 10.6 Å². The first-order valence-electron chi connectivity index (χ1n) is 10.4. The fraction of sp³-hybridized carbons (Fsp3) is 0.273. The molecule has 0 spiro atoms. The summed E-state index contributed by atoms with van der Waals surface area (Å²) < 4.78 is 11.4. The van der Waals surface area contributed by atoms with Crippen LogP contribution in [0.25, 0.3) is 5.52 Å². The Morgan fingerprint density at radius 1 is 1.31 bits per heavy atom. The monoisotopic (exact) mass is 435 g/mol. The van der Waals surface area contributed by atoms with Crippen molar-refractivity contribution in [3.05, 3.63) is 66.7 Å². The number of aliphatic hydroxyl groups is 1. The Labute approximate surface area is 185 Å². The number of aliphatic hydroxyl groups excluding tert-OH is 1. The lowest BCUT2D eigenvalue weighted by atomic mass is 10.1. The number of allylic oxidation sites excluding steroid dienone is 2. The van der Waals surface area contributed by atoms with Crippen LogP contribution in [0.5, 0.6) is 0 Å². The Balaban J connectivity index is 1.58. The van der Waals surface area contributed by atoms with Crippen LogP contribution < -0.4 is 15.6 Å². The Bertz CT molecular complexity index is 1220. The first-order valence-corrected chi connectivity index (χ1v) is 10.4. The smallest absolute Gasteiger partial charge is 0.243 e. The summed E-state index contributed by atoms with van der Waals surface area (Å²) in [6.45, 7) is 1.59. The minimum Gasteiger partial charge on any atom is -0.489 e. The topological polar surface area (TPSA) is 130 Å². The third kappa shape index (κ3) is 4.70. The number of anilines is 1. The lowest BCUT2D eigenvalue weighted by Gasteiger charge is -2.15. The Kier molecular flexibility index (Phi) is 6.31. The lowest BCUT2D eigenvalue weighted by molar-refractivity contribution is -0.671. The number of ether oxygens (including phenoxy) is 1. The molecule has 4 rings (SSSR count). The molecule has 3 aromatic rings. The number of nitrogens with zero attached hydrogens (tertiary/aromatic N) is 5. The van der Waals surface area contributed by atoms with E-state index in [9.17, 15) is 0 Å². The fourth-order valence-corrected chi connectivity index (χ4v) is 3.40. The summed E-state index contributed by atoms with van der Waals surface area (Å²) in [5, 5.41) is 25.3. The van der Waals surface area contributed by atoms with Gasteiger partial charge < -0.3 is 20.9 Å². The number of nitrogens with two attached hydrogens (primary N) is 1. The number of aliphatic imine (C=N–C) groups is 1. The molecule has 3 aromatic heterocycles. The molecule has 1 aliphatic rings. The van der Waals surface area contributed by atoms with Gasteiger partial charge in [0.05, 0.1) is 42.8 Å². The van der Waals surface area contributed by atoms with Crippen LogP contribution in [0.1, 0.15) is 6.42 Å². The number of rotatable bonds is 9. The average molecular weight is 436 g/mol. The van der Waals surface area contributed by atoms with E-state index < -0.39 is 0 Å². The van der Waals surface area contributed by atoms with Crippen molar-refractivity contribution in [3.63, 3.8) is 0 Å². The normalized spacial score (nSPS) is 15.2. The zero-order chi connectivity index (χ0) is 22.5. The standard InChI is InChI=1S/C22H27N8O2/c1-28-9-10-29(15-28)7-4-6-25-22-21(19-5-2-3-8-30(19)27-22)26-18-14-20(32-12-11-31)17(24)13-16(18)23/h2-3,5,8-10,13-15,23,31H,4,6-7,11-12,24H2,1H3,(H,25,27)/q+1. The van der Waals surface area contributed by atoms with E-state index in [2.05, 4.69) is 15.0 Å². The van der Waals surface area contributed by atoms with Gasteiger partial charge in [0.1, 0.15) is 30.4 Å². The number of aromatic nitrogens is 4. The summed E-state index contributed by atoms with van der Waals surface area (Å²) in [5.41, 5.74) is 8.34. The van der Waals surface area contributed by atoms with Crippen molar-refractivity contribution in [2.24, 2.45) is 17.8 Å². The molecule has 0 amide bonds. The van der Waals surface area contributed by atoms with E-state index in [4.69, 9.17) is 26.0 Å². The van der Waals surface area contributed by atoms with Gasteiger partial charge in [-0.2, -0.15) is 0 Å². The van der Waals surface area contributed by atoms with E-state index in [0.29, 0.717) is 35.2 Å². The fourth-order valence-electron chi connectivity index (χ4n) is 3.40. The largest absolute Gasteiger partial charge is 0.489 e. The highest BCUT2D eigenvalue weighted by Gasteiger charge is 2.18. The van der Waals surface area contributed by atoms with Gasteiger partial charge in [-0.1, -0.05) is 6.07 Å². The summed E-state index contributed by atoms with van der Waals surface area (Å²) in [5.74, 6) is 1.03. The number of nitrogens with one attached hydrogen (secondary N) is 2. The molecule has 3 heterocycles. The van der Waals surface area contributed by atoms with Gasteiger partial charge in [-0.25, -0.2) is 18.6 Å². The summed E-state index contributed by atoms with van der Waals surface area (Å²) in [6, 6.07) is 5.76. The molecule has 0 aromatic carbocycles. The number of hydrogen-bond donors (Lipinski definition) is 4. The molecule has 5 N–H and O–H groups in total. The second-order valence-corrected chi connectivity index (χ2v) is 7.42. The van der Waals surface area contributed by atoms with Crippen molar-refractivity contribution < 1.29 is 14.4 Å². The molecule has 32 heavy (non-hydrogen) atoms. The van der Waals surface area contributed by atoms with Gasteiger partial charge in [-0.3, -0.25) is 5.41 Å². The molecule has 0 saturated heterocycles. The van der Waals surface area contributed by atoms with E-state index in [1.165, 1.54) is 6.08 Å². The van der Waals surface area contributed by atoms with Crippen LogP contribution in [0.2, 0.25) is 0 Å².